The van der Waals surface area contributed by atoms with Crippen molar-refractivity contribution < 1.29 is 9.59 Å². The zero-order valence-electron chi connectivity index (χ0n) is 10.5. The van der Waals surface area contributed by atoms with Gasteiger partial charge in [-0.15, -0.1) is 0 Å². The summed E-state index contributed by atoms with van der Waals surface area (Å²) in [6.45, 7) is 1.72. The molecule has 1 aromatic heterocycles. The standard InChI is InChI=1S/C13H15N3O2/c1-8-12(17)16(13(18)15(8)2)11-6-5-10(7-14-11)9-3-4-9/h5-9H,3-4H2,1-2H3. The van der Waals surface area contributed by atoms with Gasteiger partial charge in [0.25, 0.3) is 5.91 Å². The van der Waals surface area contributed by atoms with E-state index in [0.717, 1.165) is 4.90 Å². The lowest BCUT2D eigenvalue weighted by atomic mass is 10.2. The van der Waals surface area contributed by atoms with Crippen LogP contribution in [0, 0.1) is 0 Å². The van der Waals surface area contributed by atoms with Crippen molar-refractivity contribution in [3.8, 4) is 0 Å². The summed E-state index contributed by atoms with van der Waals surface area (Å²) in [6, 6.07) is 3.00. The number of amides is 3. The van der Waals surface area contributed by atoms with E-state index in [1.54, 1.807) is 26.2 Å². The normalized spacial score (nSPS) is 24.0. The lowest BCUT2D eigenvalue weighted by Gasteiger charge is -2.13. The van der Waals surface area contributed by atoms with E-state index >= 15 is 0 Å². The summed E-state index contributed by atoms with van der Waals surface area (Å²) < 4.78 is 0. The molecule has 3 amide bonds. The summed E-state index contributed by atoms with van der Waals surface area (Å²) in [6.07, 6.45) is 4.20. The molecule has 5 heteroatoms. The van der Waals surface area contributed by atoms with Crippen LogP contribution in [0.3, 0.4) is 0 Å². The fraction of sp³-hybridized carbons (Fsp3) is 0.462. The van der Waals surface area contributed by atoms with Gasteiger partial charge in [0.05, 0.1) is 0 Å². The number of carbonyl (C=O) groups is 2. The molecule has 1 aliphatic heterocycles. The van der Waals surface area contributed by atoms with Crippen molar-refractivity contribution in [2.45, 2.75) is 31.7 Å². The number of hydrogen-bond acceptors (Lipinski definition) is 3. The molecule has 3 rings (SSSR count). The Bertz CT molecular complexity index is 487. The van der Waals surface area contributed by atoms with E-state index in [9.17, 15) is 9.59 Å². The summed E-state index contributed by atoms with van der Waals surface area (Å²) in [4.78, 5) is 30.8. The van der Waals surface area contributed by atoms with Gasteiger partial charge in [-0.05, 0) is 37.3 Å². The number of nitrogens with zero attached hydrogens (tertiary/aromatic N) is 3. The largest absolute Gasteiger partial charge is 0.333 e. The molecule has 18 heavy (non-hydrogen) atoms. The quantitative estimate of drug-likeness (QED) is 0.746. The molecule has 1 saturated heterocycles. The summed E-state index contributed by atoms with van der Waals surface area (Å²) in [5, 5.41) is 0. The minimum atomic E-state index is -0.414. The molecule has 1 atom stereocenters. The highest BCUT2D eigenvalue weighted by Crippen LogP contribution is 2.40. The van der Waals surface area contributed by atoms with E-state index in [-0.39, 0.29) is 11.9 Å². The monoisotopic (exact) mass is 245 g/mol. The van der Waals surface area contributed by atoms with Crippen molar-refractivity contribution in [1.29, 1.82) is 0 Å². The third kappa shape index (κ3) is 1.58. The first-order chi connectivity index (χ1) is 8.59. The average molecular weight is 245 g/mol. The fourth-order valence-electron chi connectivity index (χ4n) is 2.17. The van der Waals surface area contributed by atoms with Crippen LogP contribution in [0.25, 0.3) is 0 Å². The fourth-order valence-corrected chi connectivity index (χ4v) is 2.17. The molecule has 5 nitrogen and oxygen atoms in total. The van der Waals surface area contributed by atoms with Crippen molar-refractivity contribution in [2.24, 2.45) is 0 Å². The van der Waals surface area contributed by atoms with E-state index in [1.807, 2.05) is 6.07 Å². The number of hydrogen-bond donors (Lipinski definition) is 0. The van der Waals surface area contributed by atoms with Crippen LogP contribution < -0.4 is 4.90 Å². The van der Waals surface area contributed by atoms with Gasteiger partial charge in [0.15, 0.2) is 0 Å². The molecule has 2 fully saturated rings. The summed E-state index contributed by atoms with van der Waals surface area (Å²) in [5.41, 5.74) is 1.19. The van der Waals surface area contributed by atoms with Gasteiger partial charge in [-0.1, -0.05) is 6.07 Å². The number of aromatic nitrogens is 1. The maximum absolute atomic E-state index is 12.0. The molecule has 0 radical (unpaired) electrons. The van der Waals surface area contributed by atoms with Crippen LogP contribution in [0.15, 0.2) is 18.3 Å². The first kappa shape index (κ1) is 11.2. The van der Waals surface area contributed by atoms with E-state index < -0.39 is 6.04 Å². The molecule has 2 heterocycles. The number of rotatable bonds is 2. The smallest absolute Gasteiger partial charge is 0.315 e. The predicted molar refractivity (Wildman–Crippen MR) is 66.3 cm³/mol. The Hall–Kier alpha value is -1.91. The highest BCUT2D eigenvalue weighted by atomic mass is 16.2. The van der Waals surface area contributed by atoms with Crippen LogP contribution in [0.4, 0.5) is 10.6 Å². The second kappa shape index (κ2) is 3.80. The van der Waals surface area contributed by atoms with Crippen LogP contribution >= 0.6 is 0 Å². The highest BCUT2D eigenvalue weighted by molar-refractivity contribution is 6.20. The molecule has 1 saturated carbocycles. The van der Waals surface area contributed by atoms with E-state index in [0.29, 0.717) is 11.7 Å². The average Bonchev–Trinajstić information content (AvgIpc) is 3.19. The third-order valence-corrected chi connectivity index (χ3v) is 3.70. The van der Waals surface area contributed by atoms with E-state index in [4.69, 9.17) is 0 Å². The maximum atomic E-state index is 12.0. The Morgan fingerprint density at radius 2 is 2.00 bits per heavy atom. The van der Waals surface area contributed by atoms with E-state index in [1.165, 1.54) is 23.3 Å². The van der Waals surface area contributed by atoms with Crippen LogP contribution in [-0.2, 0) is 4.79 Å². The number of pyridine rings is 1. The lowest BCUT2D eigenvalue weighted by molar-refractivity contribution is -0.119. The zero-order valence-corrected chi connectivity index (χ0v) is 10.5. The van der Waals surface area contributed by atoms with Gasteiger partial charge < -0.3 is 4.90 Å². The minimum absolute atomic E-state index is 0.214. The minimum Gasteiger partial charge on any atom is -0.315 e. The molecule has 0 bridgehead atoms. The van der Waals surface area contributed by atoms with Crippen molar-refractivity contribution in [3.05, 3.63) is 23.9 Å². The van der Waals surface area contributed by atoms with Gasteiger partial charge in [-0.3, -0.25) is 4.79 Å². The summed E-state index contributed by atoms with van der Waals surface area (Å²) in [5.74, 6) is 0.831. The van der Waals surface area contributed by atoms with Crippen molar-refractivity contribution >= 4 is 17.8 Å². The van der Waals surface area contributed by atoms with Gasteiger partial charge >= 0.3 is 6.03 Å². The second-order valence-electron chi connectivity index (χ2n) is 4.97. The number of imide groups is 1. The molecule has 1 unspecified atom stereocenters. The van der Waals surface area contributed by atoms with Gasteiger partial charge in [0.1, 0.15) is 11.9 Å². The van der Waals surface area contributed by atoms with Crippen molar-refractivity contribution in [1.82, 2.24) is 9.88 Å². The molecule has 1 aromatic rings. The van der Waals surface area contributed by atoms with Crippen LogP contribution in [-0.4, -0.2) is 34.9 Å². The van der Waals surface area contributed by atoms with E-state index in [2.05, 4.69) is 4.98 Å². The topological polar surface area (TPSA) is 53.5 Å². The van der Waals surface area contributed by atoms with Crippen LogP contribution in [0.5, 0.6) is 0 Å². The Morgan fingerprint density at radius 1 is 1.28 bits per heavy atom. The Labute approximate surface area is 105 Å². The molecule has 0 aromatic carbocycles. The SMILES string of the molecule is CC1C(=O)N(c2ccc(C3CC3)cn2)C(=O)N1C. The van der Waals surface area contributed by atoms with Crippen molar-refractivity contribution in [3.63, 3.8) is 0 Å². The van der Waals surface area contributed by atoms with Crippen LogP contribution in [0.2, 0.25) is 0 Å². The Balaban J connectivity index is 1.89. The first-order valence-electron chi connectivity index (χ1n) is 6.16. The predicted octanol–water partition coefficient (Wildman–Crippen LogP) is 1.75. The lowest BCUT2D eigenvalue weighted by Crippen LogP contribution is -2.32. The number of urea groups is 1. The second-order valence-corrected chi connectivity index (χ2v) is 4.97. The molecule has 0 spiro atoms. The number of carbonyl (C=O) groups excluding carboxylic acids is 2. The number of anilines is 1. The highest BCUT2D eigenvalue weighted by Gasteiger charge is 2.41. The summed E-state index contributed by atoms with van der Waals surface area (Å²) >= 11 is 0. The summed E-state index contributed by atoms with van der Waals surface area (Å²) in [7, 11) is 1.63. The van der Waals surface area contributed by atoms with Crippen molar-refractivity contribution in [2.75, 3.05) is 11.9 Å². The van der Waals surface area contributed by atoms with Crippen LogP contribution in [0.1, 0.15) is 31.2 Å². The maximum Gasteiger partial charge on any atom is 0.333 e. The van der Waals surface area contributed by atoms with Gasteiger partial charge in [0.2, 0.25) is 0 Å². The molecule has 1 aliphatic carbocycles. The first-order valence-corrected chi connectivity index (χ1v) is 6.16. The molecule has 0 N–H and O–H groups in total. The molecule has 2 aliphatic rings. The molecule has 94 valence electrons. The third-order valence-electron chi connectivity index (χ3n) is 3.70. The zero-order chi connectivity index (χ0) is 12.9. The Morgan fingerprint density at radius 3 is 2.44 bits per heavy atom. The molecular weight excluding hydrogens is 230 g/mol. The Kier molecular flexibility index (Phi) is 2.36. The number of likely N-dealkylation sites (N-methyl/N-ethyl adjacent to an activating group) is 1. The van der Waals surface area contributed by atoms with Gasteiger partial charge in [0, 0.05) is 13.2 Å². The van der Waals surface area contributed by atoms with Gasteiger partial charge in [-0.2, -0.15) is 0 Å². The molecular formula is C13H15N3O2. The van der Waals surface area contributed by atoms with Gasteiger partial charge in [-0.25, -0.2) is 14.7 Å².